The minimum absolute atomic E-state index is 0.446. The molecule has 0 saturated carbocycles. The van der Waals surface area contributed by atoms with E-state index >= 15 is 0 Å². The van der Waals surface area contributed by atoms with E-state index in [1.807, 2.05) is 31.2 Å². The van der Waals surface area contributed by atoms with Gasteiger partial charge in [-0.1, -0.05) is 29.8 Å². The molecule has 0 fully saturated rings. The molecular weight excluding hydrogens is 178 g/mol. The quantitative estimate of drug-likeness (QED) is 0.669. The van der Waals surface area contributed by atoms with Gasteiger partial charge >= 0.3 is 5.97 Å². The van der Waals surface area contributed by atoms with Crippen molar-refractivity contribution in [1.29, 1.82) is 5.26 Å². The molecular formula is C11H11NO2. The molecule has 0 heterocycles. The average Bonchev–Trinajstić information content (AvgIpc) is 2.14. The number of hydrogen-bond donors (Lipinski definition) is 0. The average molecular weight is 189 g/mol. The first kappa shape index (κ1) is 10.3. The van der Waals surface area contributed by atoms with Crippen LogP contribution in [0.5, 0.6) is 0 Å². The first-order valence-corrected chi connectivity index (χ1v) is 4.27. The van der Waals surface area contributed by atoms with E-state index in [9.17, 15) is 4.79 Å². The second kappa shape index (κ2) is 4.43. The van der Waals surface area contributed by atoms with Gasteiger partial charge in [0, 0.05) is 12.5 Å². The topological polar surface area (TPSA) is 50.1 Å². The Kier molecular flexibility index (Phi) is 3.24. The standard InChI is InChI=1S/C11H11NO2/c1-8-4-3-5-10(6-8)11(7-12)14-9(2)13/h3-6,11H,1-2H3/t11-/m0/s1. The predicted molar refractivity (Wildman–Crippen MR) is 51.3 cm³/mol. The van der Waals surface area contributed by atoms with E-state index in [4.69, 9.17) is 10.00 Å². The Hall–Kier alpha value is -1.82. The zero-order valence-electron chi connectivity index (χ0n) is 8.15. The van der Waals surface area contributed by atoms with Crippen LogP contribution in [0.1, 0.15) is 24.2 Å². The van der Waals surface area contributed by atoms with Crippen molar-refractivity contribution >= 4 is 5.97 Å². The van der Waals surface area contributed by atoms with Gasteiger partial charge in [-0.25, -0.2) is 0 Å². The maximum absolute atomic E-state index is 10.7. The number of carbonyl (C=O) groups excluding carboxylic acids is 1. The molecule has 0 aliphatic rings. The van der Waals surface area contributed by atoms with Crippen LogP contribution in [-0.2, 0) is 9.53 Å². The molecule has 14 heavy (non-hydrogen) atoms. The minimum atomic E-state index is -0.799. The molecule has 1 rings (SSSR count). The Balaban J connectivity index is 2.90. The summed E-state index contributed by atoms with van der Waals surface area (Å²) in [5, 5.41) is 8.79. The van der Waals surface area contributed by atoms with Gasteiger partial charge in [-0.2, -0.15) is 5.26 Å². The van der Waals surface area contributed by atoms with Crippen molar-refractivity contribution < 1.29 is 9.53 Å². The number of rotatable bonds is 2. The first-order valence-electron chi connectivity index (χ1n) is 4.27. The van der Waals surface area contributed by atoms with Gasteiger partial charge in [-0.05, 0) is 6.92 Å². The van der Waals surface area contributed by atoms with E-state index < -0.39 is 12.1 Å². The maximum Gasteiger partial charge on any atom is 0.304 e. The Labute approximate surface area is 82.9 Å². The van der Waals surface area contributed by atoms with E-state index in [1.54, 1.807) is 6.07 Å². The van der Waals surface area contributed by atoms with E-state index in [2.05, 4.69) is 0 Å². The van der Waals surface area contributed by atoms with Gasteiger partial charge in [0.2, 0.25) is 6.10 Å². The molecule has 0 bridgehead atoms. The molecule has 0 amide bonds. The number of hydrogen-bond acceptors (Lipinski definition) is 3. The van der Waals surface area contributed by atoms with Crippen LogP contribution in [0.4, 0.5) is 0 Å². The number of nitrogens with zero attached hydrogens (tertiary/aromatic N) is 1. The van der Waals surface area contributed by atoms with Crippen LogP contribution in [0.25, 0.3) is 0 Å². The van der Waals surface area contributed by atoms with Crippen LogP contribution < -0.4 is 0 Å². The van der Waals surface area contributed by atoms with Crippen LogP contribution in [0.2, 0.25) is 0 Å². The third-order valence-electron chi connectivity index (χ3n) is 1.75. The highest BCUT2D eigenvalue weighted by molar-refractivity contribution is 5.66. The van der Waals surface area contributed by atoms with Gasteiger partial charge < -0.3 is 4.74 Å². The summed E-state index contributed by atoms with van der Waals surface area (Å²) < 4.78 is 4.84. The summed E-state index contributed by atoms with van der Waals surface area (Å²) >= 11 is 0. The van der Waals surface area contributed by atoms with Crippen molar-refractivity contribution in [3.63, 3.8) is 0 Å². The normalized spacial score (nSPS) is 11.5. The van der Waals surface area contributed by atoms with Gasteiger partial charge in [0.05, 0.1) is 0 Å². The molecule has 0 unspecified atom stereocenters. The number of aryl methyl sites for hydroxylation is 1. The third-order valence-corrected chi connectivity index (χ3v) is 1.75. The van der Waals surface area contributed by atoms with Crippen LogP contribution in [0.15, 0.2) is 24.3 Å². The molecule has 3 heteroatoms. The van der Waals surface area contributed by atoms with E-state index in [0.717, 1.165) is 5.56 Å². The summed E-state index contributed by atoms with van der Waals surface area (Å²) in [7, 11) is 0. The fourth-order valence-corrected chi connectivity index (χ4v) is 1.17. The van der Waals surface area contributed by atoms with Crippen LogP contribution in [0.3, 0.4) is 0 Å². The van der Waals surface area contributed by atoms with Crippen molar-refractivity contribution in [1.82, 2.24) is 0 Å². The molecule has 3 nitrogen and oxygen atoms in total. The fraction of sp³-hybridized carbons (Fsp3) is 0.273. The highest BCUT2D eigenvalue weighted by atomic mass is 16.5. The van der Waals surface area contributed by atoms with Crippen molar-refractivity contribution in [2.75, 3.05) is 0 Å². The van der Waals surface area contributed by atoms with Gasteiger partial charge in [0.25, 0.3) is 0 Å². The van der Waals surface area contributed by atoms with E-state index in [0.29, 0.717) is 5.56 Å². The number of ether oxygens (including phenoxy) is 1. The lowest BCUT2D eigenvalue weighted by atomic mass is 10.1. The summed E-state index contributed by atoms with van der Waals surface area (Å²) in [5.74, 6) is -0.446. The second-order valence-corrected chi connectivity index (χ2v) is 3.03. The van der Waals surface area contributed by atoms with E-state index in [1.165, 1.54) is 6.92 Å². The van der Waals surface area contributed by atoms with Crippen LogP contribution in [0, 0.1) is 18.3 Å². The van der Waals surface area contributed by atoms with Crippen LogP contribution in [-0.4, -0.2) is 5.97 Å². The van der Waals surface area contributed by atoms with Crippen LogP contribution >= 0.6 is 0 Å². The third kappa shape index (κ3) is 2.60. The number of benzene rings is 1. The SMILES string of the molecule is CC(=O)O[C@@H](C#N)c1cccc(C)c1. The summed E-state index contributed by atoms with van der Waals surface area (Å²) in [5.41, 5.74) is 1.75. The second-order valence-electron chi connectivity index (χ2n) is 3.03. The van der Waals surface area contributed by atoms with Gasteiger partial charge in [-0.3, -0.25) is 4.79 Å². The zero-order chi connectivity index (χ0) is 10.6. The highest BCUT2D eigenvalue weighted by Gasteiger charge is 2.12. The number of esters is 1. The van der Waals surface area contributed by atoms with Gasteiger partial charge in [-0.15, -0.1) is 0 Å². The first-order chi connectivity index (χ1) is 6.63. The monoisotopic (exact) mass is 189 g/mol. The number of carbonyl (C=O) groups is 1. The molecule has 0 aromatic heterocycles. The zero-order valence-corrected chi connectivity index (χ0v) is 8.15. The number of nitriles is 1. The molecule has 72 valence electrons. The molecule has 0 N–H and O–H groups in total. The maximum atomic E-state index is 10.7. The van der Waals surface area contributed by atoms with Gasteiger partial charge in [0.15, 0.2) is 0 Å². The van der Waals surface area contributed by atoms with Crippen molar-refractivity contribution in [3.05, 3.63) is 35.4 Å². The minimum Gasteiger partial charge on any atom is -0.442 e. The fourth-order valence-electron chi connectivity index (χ4n) is 1.17. The van der Waals surface area contributed by atoms with Crippen molar-refractivity contribution in [2.45, 2.75) is 20.0 Å². The van der Waals surface area contributed by atoms with Gasteiger partial charge in [0.1, 0.15) is 6.07 Å². The molecule has 1 atom stereocenters. The Morgan fingerprint density at radius 3 is 2.79 bits per heavy atom. The smallest absolute Gasteiger partial charge is 0.304 e. The Bertz CT molecular complexity index is 379. The molecule has 0 radical (unpaired) electrons. The molecule has 0 saturated heterocycles. The lowest BCUT2D eigenvalue weighted by Gasteiger charge is -2.09. The molecule has 0 aliphatic heterocycles. The molecule has 0 aliphatic carbocycles. The van der Waals surface area contributed by atoms with E-state index in [-0.39, 0.29) is 0 Å². The van der Waals surface area contributed by atoms with Crippen molar-refractivity contribution in [2.24, 2.45) is 0 Å². The molecule has 1 aromatic carbocycles. The Morgan fingerprint density at radius 2 is 2.29 bits per heavy atom. The summed E-state index contributed by atoms with van der Waals surface area (Å²) in [6.07, 6.45) is -0.799. The summed E-state index contributed by atoms with van der Waals surface area (Å²) in [6, 6.07) is 9.29. The summed E-state index contributed by atoms with van der Waals surface area (Å²) in [4.78, 5) is 10.7. The summed E-state index contributed by atoms with van der Waals surface area (Å²) in [6.45, 7) is 3.21. The largest absolute Gasteiger partial charge is 0.442 e. The molecule has 1 aromatic rings. The molecule has 0 spiro atoms. The highest BCUT2D eigenvalue weighted by Crippen LogP contribution is 2.17. The predicted octanol–water partition coefficient (Wildman–Crippen LogP) is 2.12. The lowest BCUT2D eigenvalue weighted by Crippen LogP contribution is -2.06. The lowest BCUT2D eigenvalue weighted by molar-refractivity contribution is -0.144. The van der Waals surface area contributed by atoms with Crippen molar-refractivity contribution in [3.8, 4) is 6.07 Å². The Morgan fingerprint density at radius 1 is 1.57 bits per heavy atom.